The van der Waals surface area contributed by atoms with E-state index in [1.54, 1.807) is 0 Å². The highest BCUT2D eigenvalue weighted by Gasteiger charge is 2.20. The molecular weight excluding hydrogens is 246 g/mol. The number of nitrogens with one attached hydrogen (secondary N) is 1. The van der Waals surface area contributed by atoms with Gasteiger partial charge in [0, 0.05) is 22.8 Å². The molecule has 1 aromatic rings. The van der Waals surface area contributed by atoms with Gasteiger partial charge in [-0.1, -0.05) is 41.5 Å². The Labute approximate surface area is 124 Å². The molecule has 0 radical (unpaired) electrons. The van der Waals surface area contributed by atoms with Gasteiger partial charge in [-0.3, -0.25) is 0 Å². The summed E-state index contributed by atoms with van der Waals surface area (Å²) in [6.07, 6.45) is 1.04. The summed E-state index contributed by atoms with van der Waals surface area (Å²) in [6, 6.07) is 0.541. The molecule has 1 N–H and O–H groups in total. The first-order chi connectivity index (χ1) is 9.11. The van der Waals surface area contributed by atoms with E-state index < -0.39 is 0 Å². The van der Waals surface area contributed by atoms with E-state index in [4.69, 9.17) is 9.97 Å². The monoisotopic (exact) mass is 277 g/mol. The molecule has 1 unspecified atom stereocenters. The maximum atomic E-state index is 4.72. The van der Waals surface area contributed by atoms with Gasteiger partial charge in [0.05, 0.1) is 0 Å². The van der Waals surface area contributed by atoms with E-state index in [0.29, 0.717) is 12.0 Å². The molecule has 3 nitrogen and oxygen atoms in total. The summed E-state index contributed by atoms with van der Waals surface area (Å²) in [6.45, 7) is 18.4. The van der Waals surface area contributed by atoms with E-state index >= 15 is 0 Å². The number of aromatic nitrogens is 2. The standard InChI is InChI=1S/C17H31N3/c1-11(2)18-10-12(3)9-15-13(4)19-16(17(6,7)8)20-14(15)5/h11-12,18H,9-10H2,1-8H3. The van der Waals surface area contributed by atoms with Crippen molar-refractivity contribution in [3.8, 4) is 0 Å². The molecule has 0 spiro atoms. The molecule has 0 aromatic carbocycles. The lowest BCUT2D eigenvalue weighted by atomic mass is 9.93. The minimum Gasteiger partial charge on any atom is -0.314 e. The lowest BCUT2D eigenvalue weighted by Gasteiger charge is -2.21. The second-order valence-corrected chi connectivity index (χ2v) is 7.32. The summed E-state index contributed by atoms with van der Waals surface area (Å²) in [5, 5.41) is 3.50. The predicted molar refractivity (Wildman–Crippen MR) is 86.2 cm³/mol. The number of nitrogens with zero attached hydrogens (tertiary/aromatic N) is 2. The number of rotatable bonds is 5. The molecule has 1 rings (SSSR count). The average Bonchev–Trinajstić information content (AvgIpc) is 2.29. The zero-order valence-corrected chi connectivity index (χ0v) is 14.5. The highest BCUT2D eigenvalue weighted by molar-refractivity contribution is 5.26. The fourth-order valence-electron chi connectivity index (χ4n) is 2.23. The molecule has 0 aliphatic carbocycles. The van der Waals surface area contributed by atoms with Gasteiger partial charge in [0.2, 0.25) is 0 Å². The second kappa shape index (κ2) is 6.66. The van der Waals surface area contributed by atoms with Crippen molar-refractivity contribution in [3.63, 3.8) is 0 Å². The summed E-state index contributed by atoms with van der Waals surface area (Å²) in [5.41, 5.74) is 3.60. The Morgan fingerprint density at radius 1 is 1.00 bits per heavy atom. The first-order valence-corrected chi connectivity index (χ1v) is 7.69. The molecule has 0 bridgehead atoms. The molecule has 20 heavy (non-hydrogen) atoms. The second-order valence-electron chi connectivity index (χ2n) is 7.32. The number of aryl methyl sites for hydroxylation is 2. The van der Waals surface area contributed by atoms with E-state index in [-0.39, 0.29) is 5.41 Å². The Kier molecular flexibility index (Phi) is 5.69. The van der Waals surface area contributed by atoms with Gasteiger partial charge in [-0.2, -0.15) is 0 Å². The van der Waals surface area contributed by atoms with Crippen molar-refractivity contribution >= 4 is 0 Å². The molecule has 0 saturated heterocycles. The van der Waals surface area contributed by atoms with Gasteiger partial charge in [0.15, 0.2) is 0 Å². The van der Waals surface area contributed by atoms with Crippen LogP contribution in [0.15, 0.2) is 0 Å². The quantitative estimate of drug-likeness (QED) is 0.894. The van der Waals surface area contributed by atoms with E-state index in [0.717, 1.165) is 30.2 Å². The van der Waals surface area contributed by atoms with Crippen LogP contribution in [0.5, 0.6) is 0 Å². The topological polar surface area (TPSA) is 37.8 Å². The molecular formula is C17H31N3. The van der Waals surface area contributed by atoms with Crippen LogP contribution in [0.1, 0.15) is 64.3 Å². The first-order valence-electron chi connectivity index (χ1n) is 7.69. The van der Waals surface area contributed by atoms with E-state index in [9.17, 15) is 0 Å². The van der Waals surface area contributed by atoms with Gasteiger partial charge in [-0.05, 0) is 38.3 Å². The lowest BCUT2D eigenvalue weighted by molar-refractivity contribution is 0.471. The Morgan fingerprint density at radius 3 is 1.90 bits per heavy atom. The summed E-state index contributed by atoms with van der Waals surface area (Å²) in [5.74, 6) is 1.54. The van der Waals surface area contributed by atoms with Crippen LogP contribution in [0.3, 0.4) is 0 Å². The minimum atomic E-state index is 0.0128. The summed E-state index contributed by atoms with van der Waals surface area (Å²) < 4.78 is 0. The summed E-state index contributed by atoms with van der Waals surface area (Å²) in [4.78, 5) is 9.44. The largest absolute Gasteiger partial charge is 0.314 e. The Morgan fingerprint density at radius 2 is 1.50 bits per heavy atom. The zero-order chi connectivity index (χ0) is 15.5. The van der Waals surface area contributed by atoms with Crippen LogP contribution in [0.25, 0.3) is 0 Å². The third kappa shape index (κ3) is 4.86. The van der Waals surface area contributed by atoms with E-state index in [1.807, 2.05) is 0 Å². The van der Waals surface area contributed by atoms with Crippen LogP contribution in [-0.2, 0) is 11.8 Å². The highest BCUT2D eigenvalue weighted by atomic mass is 14.9. The van der Waals surface area contributed by atoms with Crippen LogP contribution < -0.4 is 5.32 Å². The van der Waals surface area contributed by atoms with Crippen molar-refractivity contribution in [2.45, 2.75) is 73.3 Å². The molecule has 3 heteroatoms. The van der Waals surface area contributed by atoms with E-state index in [1.165, 1.54) is 5.56 Å². The molecule has 0 aliphatic rings. The SMILES string of the molecule is Cc1nc(C(C)(C)C)nc(C)c1CC(C)CNC(C)C. The van der Waals surface area contributed by atoms with Crippen molar-refractivity contribution < 1.29 is 0 Å². The van der Waals surface area contributed by atoms with Crippen molar-refractivity contribution in [2.24, 2.45) is 5.92 Å². The smallest absolute Gasteiger partial charge is 0.134 e. The molecule has 0 fully saturated rings. The molecule has 114 valence electrons. The first kappa shape index (κ1) is 17.1. The normalized spacial score (nSPS) is 13.8. The Bertz CT molecular complexity index is 421. The van der Waals surface area contributed by atoms with Crippen LogP contribution in [0.2, 0.25) is 0 Å². The Hall–Kier alpha value is -0.960. The molecule has 0 saturated carbocycles. The van der Waals surface area contributed by atoms with Gasteiger partial charge in [0.25, 0.3) is 0 Å². The fourth-order valence-corrected chi connectivity index (χ4v) is 2.23. The Balaban J connectivity index is 2.86. The molecule has 1 atom stereocenters. The van der Waals surface area contributed by atoms with E-state index in [2.05, 4.69) is 60.7 Å². The summed E-state index contributed by atoms with van der Waals surface area (Å²) in [7, 11) is 0. The van der Waals surface area contributed by atoms with Gasteiger partial charge in [-0.15, -0.1) is 0 Å². The molecule has 0 amide bonds. The minimum absolute atomic E-state index is 0.0128. The van der Waals surface area contributed by atoms with Crippen LogP contribution in [0.4, 0.5) is 0 Å². The molecule has 1 aromatic heterocycles. The maximum Gasteiger partial charge on any atom is 0.134 e. The lowest BCUT2D eigenvalue weighted by Crippen LogP contribution is -2.29. The maximum absolute atomic E-state index is 4.72. The van der Waals surface area contributed by atoms with Crippen molar-refractivity contribution in [1.82, 2.24) is 15.3 Å². The highest BCUT2D eigenvalue weighted by Crippen LogP contribution is 2.22. The van der Waals surface area contributed by atoms with Crippen molar-refractivity contribution in [2.75, 3.05) is 6.54 Å². The fraction of sp³-hybridized carbons (Fsp3) is 0.765. The predicted octanol–water partition coefficient (Wildman–Crippen LogP) is 3.57. The molecule has 0 aliphatic heterocycles. The van der Waals surface area contributed by atoms with Gasteiger partial charge >= 0.3 is 0 Å². The average molecular weight is 277 g/mol. The van der Waals surface area contributed by atoms with Crippen LogP contribution in [0, 0.1) is 19.8 Å². The van der Waals surface area contributed by atoms with Crippen LogP contribution in [-0.4, -0.2) is 22.6 Å². The van der Waals surface area contributed by atoms with Gasteiger partial charge < -0.3 is 5.32 Å². The van der Waals surface area contributed by atoms with Crippen molar-refractivity contribution in [3.05, 3.63) is 22.8 Å². The zero-order valence-electron chi connectivity index (χ0n) is 14.5. The summed E-state index contributed by atoms with van der Waals surface area (Å²) >= 11 is 0. The van der Waals surface area contributed by atoms with Gasteiger partial charge in [0.1, 0.15) is 5.82 Å². The van der Waals surface area contributed by atoms with Gasteiger partial charge in [-0.25, -0.2) is 9.97 Å². The third-order valence-corrected chi connectivity index (χ3v) is 3.52. The third-order valence-electron chi connectivity index (χ3n) is 3.52. The van der Waals surface area contributed by atoms with Crippen LogP contribution >= 0.6 is 0 Å². The number of hydrogen-bond donors (Lipinski definition) is 1. The van der Waals surface area contributed by atoms with Crippen molar-refractivity contribution in [1.29, 1.82) is 0 Å². The molecule has 1 heterocycles. The number of hydrogen-bond acceptors (Lipinski definition) is 3.